The lowest BCUT2D eigenvalue weighted by Gasteiger charge is -2.47. The highest BCUT2D eigenvalue weighted by Gasteiger charge is 2.50. The number of carbonyl (C=O) groups is 1. The zero-order valence-electron chi connectivity index (χ0n) is 13.8. The van der Waals surface area contributed by atoms with Crippen molar-refractivity contribution in [1.82, 2.24) is 5.32 Å². The molecule has 1 aromatic carbocycles. The van der Waals surface area contributed by atoms with Gasteiger partial charge in [0, 0.05) is 17.8 Å². The van der Waals surface area contributed by atoms with E-state index in [2.05, 4.69) is 21.2 Å². The van der Waals surface area contributed by atoms with Gasteiger partial charge in [-0.1, -0.05) is 46.3 Å². The van der Waals surface area contributed by atoms with Crippen molar-refractivity contribution < 1.29 is 28.8 Å². The molecular weight excluding hydrogens is 394 g/mol. The minimum absolute atomic E-state index is 0.266. The molecule has 2 N–H and O–H groups in total. The molecule has 0 saturated carbocycles. The molecule has 0 unspecified atom stereocenters. The Bertz CT molecular complexity index is 574. The van der Waals surface area contributed by atoms with Gasteiger partial charge in [-0.15, -0.1) is 0 Å². The molecule has 0 radical (unpaired) electrons. The van der Waals surface area contributed by atoms with E-state index >= 15 is 0 Å². The second-order valence-electron chi connectivity index (χ2n) is 6.00. The van der Waals surface area contributed by atoms with Gasteiger partial charge in [0.1, 0.15) is 24.4 Å². The van der Waals surface area contributed by atoms with E-state index in [0.717, 1.165) is 5.56 Å². The zero-order chi connectivity index (χ0) is 17.8. The summed E-state index contributed by atoms with van der Waals surface area (Å²) in [6, 6.07) is 8.78. The predicted octanol–water partition coefficient (Wildman–Crippen LogP) is 1.10. The maximum Gasteiger partial charge on any atom is 0.217 e. The molecule has 25 heavy (non-hydrogen) atoms. The van der Waals surface area contributed by atoms with Crippen LogP contribution in [0.15, 0.2) is 30.3 Å². The second-order valence-corrected chi connectivity index (χ2v) is 6.79. The smallest absolute Gasteiger partial charge is 0.217 e. The van der Waals surface area contributed by atoms with Crippen LogP contribution in [0.1, 0.15) is 18.8 Å². The van der Waals surface area contributed by atoms with E-state index in [1.165, 1.54) is 6.92 Å². The Morgan fingerprint density at radius 1 is 1.36 bits per heavy atom. The summed E-state index contributed by atoms with van der Waals surface area (Å²) < 4.78 is 23.2. The quantitative estimate of drug-likeness (QED) is 0.700. The summed E-state index contributed by atoms with van der Waals surface area (Å²) >= 11 is 3.28. The van der Waals surface area contributed by atoms with Crippen LogP contribution in [0.5, 0.6) is 0 Å². The van der Waals surface area contributed by atoms with Gasteiger partial charge in [0.15, 0.2) is 12.6 Å². The third kappa shape index (κ3) is 4.39. The highest BCUT2D eigenvalue weighted by molar-refractivity contribution is 9.09. The fourth-order valence-electron chi connectivity index (χ4n) is 3.06. The van der Waals surface area contributed by atoms with E-state index in [1.807, 2.05) is 30.3 Å². The largest absolute Gasteiger partial charge is 0.388 e. The molecule has 6 atom stereocenters. The normalized spacial score (nSPS) is 35.0. The van der Waals surface area contributed by atoms with Gasteiger partial charge in [-0.25, -0.2) is 0 Å². The topological polar surface area (TPSA) is 86.3 Å². The molecule has 3 rings (SSSR count). The van der Waals surface area contributed by atoms with E-state index in [-0.39, 0.29) is 12.5 Å². The average molecular weight is 416 g/mol. The fourth-order valence-corrected chi connectivity index (χ4v) is 3.25. The van der Waals surface area contributed by atoms with E-state index in [4.69, 9.17) is 18.9 Å². The highest BCUT2D eigenvalue weighted by Crippen LogP contribution is 2.34. The molecule has 7 nitrogen and oxygen atoms in total. The van der Waals surface area contributed by atoms with Gasteiger partial charge >= 0.3 is 0 Å². The van der Waals surface area contributed by atoms with E-state index in [0.29, 0.717) is 11.9 Å². The summed E-state index contributed by atoms with van der Waals surface area (Å²) in [7, 11) is 0. The second kappa shape index (κ2) is 8.57. The first-order chi connectivity index (χ1) is 12.1. The number of fused-ring (bicyclic) bond motifs is 1. The maximum absolute atomic E-state index is 11.5. The Kier molecular flexibility index (Phi) is 6.43. The Labute approximate surface area is 154 Å². The molecule has 0 aliphatic carbocycles. The number of carbonyl (C=O) groups excluding carboxylic acids is 1. The molecule has 2 heterocycles. The fraction of sp³-hybridized carbons (Fsp3) is 0.588. The van der Waals surface area contributed by atoms with Gasteiger partial charge in [-0.3, -0.25) is 4.79 Å². The molecule has 2 aliphatic heterocycles. The summed E-state index contributed by atoms with van der Waals surface area (Å²) in [5, 5.41) is 14.1. The minimum Gasteiger partial charge on any atom is -0.388 e. The van der Waals surface area contributed by atoms with Gasteiger partial charge in [0.2, 0.25) is 5.91 Å². The van der Waals surface area contributed by atoms with Crippen LogP contribution in [0.3, 0.4) is 0 Å². The van der Waals surface area contributed by atoms with Crippen molar-refractivity contribution in [2.75, 3.05) is 18.5 Å². The maximum atomic E-state index is 11.5. The van der Waals surface area contributed by atoms with Crippen LogP contribution >= 0.6 is 15.9 Å². The number of amides is 1. The summed E-state index contributed by atoms with van der Waals surface area (Å²) in [6.07, 6.45) is -3.42. The van der Waals surface area contributed by atoms with Crippen LogP contribution in [0.4, 0.5) is 0 Å². The first-order valence-corrected chi connectivity index (χ1v) is 9.32. The van der Waals surface area contributed by atoms with Crippen molar-refractivity contribution in [1.29, 1.82) is 0 Å². The Hall–Kier alpha value is -1.03. The van der Waals surface area contributed by atoms with Crippen molar-refractivity contribution in [2.24, 2.45) is 0 Å². The number of rotatable bonds is 5. The lowest BCUT2D eigenvalue weighted by atomic mass is 9.95. The minimum atomic E-state index is -0.974. The molecule has 1 aromatic rings. The van der Waals surface area contributed by atoms with E-state index in [9.17, 15) is 9.90 Å². The number of aliphatic hydroxyl groups excluding tert-OH is 1. The molecule has 0 aromatic heterocycles. The summed E-state index contributed by atoms with van der Waals surface area (Å²) in [5.74, 6) is -0.273. The molecule has 8 heteroatoms. The predicted molar refractivity (Wildman–Crippen MR) is 92.0 cm³/mol. The SMILES string of the molecule is CC(=O)N[C@H]1[C@@H](OCCBr)O[C@@H]2CO[C@H](c3ccccc3)O[C@@H]2[C@@H]1O. The van der Waals surface area contributed by atoms with Crippen LogP contribution in [0.2, 0.25) is 0 Å². The highest BCUT2D eigenvalue weighted by atomic mass is 79.9. The summed E-state index contributed by atoms with van der Waals surface area (Å²) in [5.41, 5.74) is 0.863. The Morgan fingerprint density at radius 3 is 2.80 bits per heavy atom. The molecular formula is C17H22BrNO6. The molecule has 2 aliphatic rings. The number of benzene rings is 1. The van der Waals surface area contributed by atoms with Crippen LogP contribution < -0.4 is 5.32 Å². The summed E-state index contributed by atoms with van der Waals surface area (Å²) in [4.78, 5) is 11.5. The number of hydrogen-bond donors (Lipinski definition) is 2. The van der Waals surface area contributed by atoms with Crippen LogP contribution in [0.25, 0.3) is 0 Å². The number of nitrogens with one attached hydrogen (secondary N) is 1. The van der Waals surface area contributed by atoms with Gasteiger partial charge in [-0.05, 0) is 0 Å². The number of halogens is 1. The lowest BCUT2D eigenvalue weighted by Crippen LogP contribution is -2.66. The van der Waals surface area contributed by atoms with Crippen molar-refractivity contribution in [2.45, 2.75) is 43.9 Å². The van der Waals surface area contributed by atoms with Gasteiger partial charge < -0.3 is 29.4 Å². The van der Waals surface area contributed by atoms with Gasteiger partial charge in [0.05, 0.1) is 13.2 Å². The molecule has 0 spiro atoms. The summed E-state index contributed by atoms with van der Waals surface area (Å²) in [6.45, 7) is 2.04. The Balaban J connectivity index is 1.74. The molecule has 1 amide bonds. The molecule has 0 bridgehead atoms. The van der Waals surface area contributed by atoms with Crippen LogP contribution in [-0.4, -0.2) is 60.2 Å². The first-order valence-electron chi connectivity index (χ1n) is 8.20. The van der Waals surface area contributed by atoms with Crippen LogP contribution in [-0.2, 0) is 23.7 Å². The number of hydrogen-bond acceptors (Lipinski definition) is 6. The van der Waals surface area contributed by atoms with Crippen molar-refractivity contribution in [3.05, 3.63) is 35.9 Å². The standard InChI is InChI=1S/C17H22BrNO6/c1-10(20)19-13-14(21)15-12(24-17(13)22-8-7-18)9-23-16(25-15)11-5-3-2-4-6-11/h2-6,12-17,21H,7-9H2,1H3,(H,19,20)/t12-,13-,14-,15+,16+,17+/m1/s1. The third-order valence-electron chi connectivity index (χ3n) is 4.17. The first kappa shape index (κ1) is 18.8. The molecule has 2 fully saturated rings. The number of aliphatic hydroxyl groups is 1. The zero-order valence-corrected chi connectivity index (χ0v) is 15.4. The number of alkyl halides is 1. The monoisotopic (exact) mass is 415 g/mol. The van der Waals surface area contributed by atoms with Crippen LogP contribution in [0, 0.1) is 0 Å². The van der Waals surface area contributed by atoms with Gasteiger partial charge in [0.25, 0.3) is 0 Å². The lowest BCUT2D eigenvalue weighted by molar-refractivity contribution is -0.343. The van der Waals surface area contributed by atoms with Crippen molar-refractivity contribution >= 4 is 21.8 Å². The van der Waals surface area contributed by atoms with E-state index in [1.54, 1.807) is 0 Å². The third-order valence-corrected chi connectivity index (χ3v) is 4.49. The molecule has 2 saturated heterocycles. The Morgan fingerprint density at radius 2 is 2.12 bits per heavy atom. The molecule has 138 valence electrons. The van der Waals surface area contributed by atoms with Gasteiger partial charge in [-0.2, -0.15) is 0 Å². The van der Waals surface area contributed by atoms with Crippen molar-refractivity contribution in [3.63, 3.8) is 0 Å². The average Bonchev–Trinajstić information content (AvgIpc) is 2.63. The van der Waals surface area contributed by atoms with E-state index < -0.39 is 36.9 Å². The van der Waals surface area contributed by atoms with Crippen molar-refractivity contribution in [3.8, 4) is 0 Å². The number of ether oxygens (including phenoxy) is 4.